The van der Waals surface area contributed by atoms with Crippen molar-refractivity contribution in [2.45, 2.75) is 7.43 Å². The number of aliphatic imine (C=N–C) groups is 1. The second kappa shape index (κ2) is 13.2. The summed E-state index contributed by atoms with van der Waals surface area (Å²) in [6, 6.07) is 11.0. The molecule has 2 aromatic rings. The molecular formula is C21H30N2O4. The summed E-state index contributed by atoms with van der Waals surface area (Å²) in [7, 11) is 6.43. The van der Waals surface area contributed by atoms with E-state index >= 15 is 0 Å². The van der Waals surface area contributed by atoms with E-state index in [1.54, 1.807) is 40.7 Å². The maximum absolute atomic E-state index is 5.34. The molecule has 6 nitrogen and oxygen atoms in total. The third-order valence-corrected chi connectivity index (χ3v) is 3.33. The molecule has 0 radical (unpaired) electrons. The van der Waals surface area contributed by atoms with Crippen molar-refractivity contribution >= 4 is 11.9 Å². The molecule has 0 spiro atoms. The van der Waals surface area contributed by atoms with Crippen molar-refractivity contribution in [2.24, 2.45) is 10.7 Å². The summed E-state index contributed by atoms with van der Waals surface area (Å²) in [6.07, 6.45) is 3.39. The van der Waals surface area contributed by atoms with Crippen LogP contribution in [0.5, 0.6) is 23.0 Å². The normalized spacial score (nSPS) is 9.52. The molecule has 0 heterocycles. The zero-order valence-corrected chi connectivity index (χ0v) is 15.7. The van der Waals surface area contributed by atoms with Gasteiger partial charge in [0.2, 0.25) is 0 Å². The Labute approximate surface area is 162 Å². The predicted octanol–water partition coefficient (Wildman–Crippen LogP) is 4.24. The minimum absolute atomic E-state index is 0. The average Bonchev–Trinajstić information content (AvgIpc) is 2.71. The van der Waals surface area contributed by atoms with Crippen LogP contribution >= 0.6 is 0 Å². The van der Waals surface area contributed by atoms with Crippen molar-refractivity contribution in [3.63, 3.8) is 0 Å². The lowest BCUT2D eigenvalue weighted by molar-refractivity contribution is 0.355. The molecule has 2 rings (SSSR count). The van der Waals surface area contributed by atoms with Crippen molar-refractivity contribution in [3.8, 4) is 23.0 Å². The third kappa shape index (κ3) is 7.42. The summed E-state index contributed by atoms with van der Waals surface area (Å²) in [5, 5.41) is 0. The van der Waals surface area contributed by atoms with E-state index in [4.69, 9.17) is 24.7 Å². The van der Waals surface area contributed by atoms with Gasteiger partial charge in [-0.05, 0) is 24.3 Å². The van der Waals surface area contributed by atoms with Crippen molar-refractivity contribution in [2.75, 3.05) is 35.0 Å². The molecule has 0 bridgehead atoms. The quantitative estimate of drug-likeness (QED) is 0.579. The molecule has 0 aliphatic carbocycles. The first-order chi connectivity index (χ1) is 12.6. The average molecular weight is 374 g/mol. The molecule has 0 aromatic heterocycles. The van der Waals surface area contributed by atoms with Crippen molar-refractivity contribution in [1.82, 2.24) is 0 Å². The highest BCUT2D eigenvalue weighted by Crippen LogP contribution is 2.31. The van der Waals surface area contributed by atoms with Gasteiger partial charge in [0.15, 0.2) is 11.5 Å². The topological polar surface area (TPSA) is 75.3 Å². The summed E-state index contributed by atoms with van der Waals surface area (Å²) in [5.74, 6) is 2.74. The Morgan fingerprint density at radius 2 is 1.52 bits per heavy atom. The van der Waals surface area contributed by atoms with Gasteiger partial charge in [0.1, 0.15) is 11.5 Å². The second-order valence-corrected chi connectivity index (χ2v) is 4.93. The van der Waals surface area contributed by atoms with Crippen LogP contribution in [0.4, 0.5) is 5.69 Å². The molecule has 0 aliphatic rings. The Bertz CT molecular complexity index is 730. The fourth-order valence-corrected chi connectivity index (χ4v) is 1.97. The zero-order chi connectivity index (χ0) is 19.4. The first kappa shape index (κ1) is 24.0. The lowest BCUT2D eigenvalue weighted by Crippen LogP contribution is -1.92. The Hall–Kier alpha value is -2.99. The molecule has 6 heteroatoms. The first-order valence-electron chi connectivity index (χ1n) is 7.92. The highest BCUT2D eigenvalue weighted by atomic mass is 16.5. The summed E-state index contributed by atoms with van der Waals surface area (Å²) in [5.41, 5.74) is 6.53. The van der Waals surface area contributed by atoms with E-state index in [9.17, 15) is 0 Å². The fourth-order valence-electron chi connectivity index (χ4n) is 1.97. The molecule has 0 saturated carbocycles. The lowest BCUT2D eigenvalue weighted by Gasteiger charge is -2.08. The van der Waals surface area contributed by atoms with Gasteiger partial charge in [-0.1, -0.05) is 13.5 Å². The molecule has 0 unspecified atom stereocenters. The summed E-state index contributed by atoms with van der Waals surface area (Å²) < 4.78 is 21.0. The number of ether oxygens (including phenoxy) is 4. The minimum Gasteiger partial charge on any atom is -0.497 e. The van der Waals surface area contributed by atoms with Gasteiger partial charge >= 0.3 is 0 Å². The van der Waals surface area contributed by atoms with Crippen LogP contribution in [0.1, 0.15) is 13.0 Å². The SMILES string of the molecule is C.C=CCN.COc1ccc(C=Nc2ccc(OC)c(OC)c2)c(OC)c1. The molecule has 0 saturated heterocycles. The van der Waals surface area contributed by atoms with Gasteiger partial charge in [0.05, 0.1) is 34.1 Å². The maximum atomic E-state index is 5.34. The van der Waals surface area contributed by atoms with Crippen LogP contribution in [-0.4, -0.2) is 41.2 Å². The van der Waals surface area contributed by atoms with E-state index < -0.39 is 0 Å². The fraction of sp³-hybridized carbons (Fsp3) is 0.286. The molecular weight excluding hydrogens is 344 g/mol. The van der Waals surface area contributed by atoms with Crippen LogP contribution in [0, 0.1) is 0 Å². The molecule has 2 aromatic carbocycles. The van der Waals surface area contributed by atoms with Gasteiger partial charge in [-0.2, -0.15) is 0 Å². The summed E-state index contributed by atoms with van der Waals surface area (Å²) in [6.45, 7) is 3.94. The second-order valence-electron chi connectivity index (χ2n) is 4.93. The Morgan fingerprint density at radius 1 is 0.889 bits per heavy atom. The van der Waals surface area contributed by atoms with Crippen LogP contribution in [0.25, 0.3) is 0 Å². The van der Waals surface area contributed by atoms with Crippen LogP contribution in [0.2, 0.25) is 0 Å². The van der Waals surface area contributed by atoms with E-state index in [1.807, 2.05) is 36.4 Å². The number of methoxy groups -OCH3 is 4. The van der Waals surface area contributed by atoms with E-state index in [-0.39, 0.29) is 7.43 Å². The standard InChI is InChI=1S/C17H19NO4.C3H7N.CH4/c1-19-14-7-5-12(16(10-14)21-3)11-18-13-6-8-15(20-2)17(9-13)22-4;1-2-3-4;/h5-11H,1-4H3;2H,1,3-4H2;1H4. The van der Waals surface area contributed by atoms with Gasteiger partial charge in [-0.15, -0.1) is 6.58 Å². The molecule has 0 atom stereocenters. The Kier molecular flexibility index (Phi) is 11.8. The zero-order valence-electron chi connectivity index (χ0n) is 15.7. The smallest absolute Gasteiger partial charge is 0.162 e. The minimum atomic E-state index is 0. The van der Waals surface area contributed by atoms with E-state index in [2.05, 4.69) is 11.6 Å². The summed E-state index contributed by atoms with van der Waals surface area (Å²) in [4.78, 5) is 4.44. The van der Waals surface area contributed by atoms with Crippen LogP contribution < -0.4 is 24.7 Å². The maximum Gasteiger partial charge on any atom is 0.162 e. The van der Waals surface area contributed by atoms with Crippen LogP contribution in [-0.2, 0) is 0 Å². The van der Waals surface area contributed by atoms with Gasteiger partial charge in [0.25, 0.3) is 0 Å². The van der Waals surface area contributed by atoms with Crippen LogP contribution in [0.3, 0.4) is 0 Å². The van der Waals surface area contributed by atoms with Gasteiger partial charge in [-0.3, -0.25) is 4.99 Å². The van der Waals surface area contributed by atoms with Gasteiger partial charge < -0.3 is 24.7 Å². The van der Waals surface area contributed by atoms with E-state index in [0.717, 1.165) is 17.0 Å². The highest BCUT2D eigenvalue weighted by molar-refractivity contribution is 5.86. The molecule has 27 heavy (non-hydrogen) atoms. The predicted molar refractivity (Wildman–Crippen MR) is 112 cm³/mol. The van der Waals surface area contributed by atoms with E-state index in [1.165, 1.54) is 0 Å². The number of rotatable bonds is 7. The Balaban J connectivity index is 0.00000123. The number of nitrogens with zero attached hydrogens (tertiary/aromatic N) is 1. The number of nitrogens with two attached hydrogens (primary N) is 1. The molecule has 148 valence electrons. The largest absolute Gasteiger partial charge is 0.497 e. The molecule has 2 N–H and O–H groups in total. The van der Waals surface area contributed by atoms with Gasteiger partial charge in [-0.25, -0.2) is 0 Å². The van der Waals surface area contributed by atoms with Crippen LogP contribution in [0.15, 0.2) is 54.0 Å². The van der Waals surface area contributed by atoms with Gasteiger partial charge in [0, 0.05) is 30.5 Å². The van der Waals surface area contributed by atoms with Crippen molar-refractivity contribution in [1.29, 1.82) is 0 Å². The Morgan fingerprint density at radius 3 is 2.04 bits per heavy atom. The van der Waals surface area contributed by atoms with E-state index in [0.29, 0.717) is 23.8 Å². The molecule has 0 aliphatic heterocycles. The number of benzene rings is 2. The third-order valence-electron chi connectivity index (χ3n) is 3.33. The van der Waals surface area contributed by atoms with Crippen molar-refractivity contribution < 1.29 is 18.9 Å². The molecule has 0 fully saturated rings. The lowest BCUT2D eigenvalue weighted by atomic mass is 10.2. The van der Waals surface area contributed by atoms with Crippen molar-refractivity contribution in [3.05, 3.63) is 54.6 Å². The highest BCUT2D eigenvalue weighted by Gasteiger charge is 2.05. The number of hydrogen-bond acceptors (Lipinski definition) is 6. The number of hydrogen-bond donors (Lipinski definition) is 1. The monoisotopic (exact) mass is 374 g/mol. The molecule has 0 amide bonds. The summed E-state index contributed by atoms with van der Waals surface area (Å²) >= 11 is 0. The first-order valence-corrected chi connectivity index (χ1v) is 7.92.